The van der Waals surface area contributed by atoms with E-state index >= 15 is 0 Å². The maximum atomic E-state index is 11.9. The van der Waals surface area contributed by atoms with E-state index in [9.17, 15) is 4.79 Å². The van der Waals surface area contributed by atoms with Gasteiger partial charge in [0.2, 0.25) is 0 Å². The van der Waals surface area contributed by atoms with Gasteiger partial charge in [0.15, 0.2) is 4.77 Å². The van der Waals surface area contributed by atoms with Crippen molar-refractivity contribution in [2.75, 3.05) is 6.54 Å². The number of hydrogen-bond donors (Lipinski definition) is 2. The molecular weight excluding hydrogens is 355 g/mol. The first-order valence-electron chi connectivity index (χ1n) is 5.82. The van der Waals surface area contributed by atoms with E-state index < -0.39 is 0 Å². The van der Waals surface area contributed by atoms with E-state index in [-0.39, 0.29) is 18.3 Å². The molecule has 0 aliphatic carbocycles. The highest BCUT2D eigenvalue weighted by Crippen LogP contribution is 2.22. The minimum Gasteiger partial charge on any atom is -0.352 e. The summed E-state index contributed by atoms with van der Waals surface area (Å²) in [7, 11) is 1.82. The molecule has 1 heterocycles. The van der Waals surface area contributed by atoms with Crippen LogP contribution in [0.15, 0.2) is 18.2 Å². The molecule has 9 heteroatoms. The van der Waals surface area contributed by atoms with Crippen LogP contribution in [0.5, 0.6) is 0 Å². The molecule has 21 heavy (non-hydrogen) atoms. The van der Waals surface area contributed by atoms with Crippen molar-refractivity contribution in [2.45, 2.75) is 6.42 Å². The Labute approximate surface area is 143 Å². The number of H-pyrrole nitrogens is 1. The highest BCUT2D eigenvalue weighted by molar-refractivity contribution is 7.71. The summed E-state index contributed by atoms with van der Waals surface area (Å²) >= 11 is 16.7. The van der Waals surface area contributed by atoms with Crippen LogP contribution in [0, 0.1) is 4.77 Å². The van der Waals surface area contributed by atoms with Crippen molar-refractivity contribution in [2.24, 2.45) is 7.05 Å². The first-order valence-corrected chi connectivity index (χ1v) is 6.99. The summed E-state index contributed by atoms with van der Waals surface area (Å²) in [5.41, 5.74) is 0.467. The highest BCUT2D eigenvalue weighted by Gasteiger charge is 2.08. The molecule has 0 aliphatic heterocycles. The van der Waals surface area contributed by atoms with Gasteiger partial charge >= 0.3 is 0 Å². The second-order valence-corrected chi connectivity index (χ2v) is 5.34. The lowest BCUT2D eigenvalue weighted by molar-refractivity contribution is 0.0954. The third-order valence-electron chi connectivity index (χ3n) is 2.79. The monoisotopic (exact) mass is 366 g/mol. The summed E-state index contributed by atoms with van der Waals surface area (Å²) in [5.74, 6) is 0.574. The standard InChI is InChI=1S/C12H12Cl2N4OS.ClH/c1-18-10(16-17-12(18)20)4-5-15-11(19)7-2-3-8(13)9(14)6-7;/h2-3,6H,4-5H2,1H3,(H,15,19)(H,17,20);1H. The van der Waals surface area contributed by atoms with Gasteiger partial charge in [-0.25, -0.2) is 0 Å². The maximum Gasteiger partial charge on any atom is 0.251 e. The zero-order valence-corrected chi connectivity index (χ0v) is 14.2. The van der Waals surface area contributed by atoms with Gasteiger partial charge < -0.3 is 9.88 Å². The Morgan fingerprint density at radius 1 is 1.43 bits per heavy atom. The molecule has 2 rings (SSSR count). The number of rotatable bonds is 4. The van der Waals surface area contributed by atoms with Crippen molar-refractivity contribution in [1.82, 2.24) is 20.1 Å². The lowest BCUT2D eigenvalue weighted by Crippen LogP contribution is -2.26. The van der Waals surface area contributed by atoms with Crippen LogP contribution in [0.25, 0.3) is 0 Å². The predicted octanol–water partition coefficient (Wildman–Crippen LogP) is 3.18. The Bertz CT molecular complexity index is 698. The number of nitrogens with one attached hydrogen (secondary N) is 2. The molecule has 0 saturated heterocycles. The third-order valence-corrected chi connectivity index (χ3v) is 3.89. The quantitative estimate of drug-likeness (QED) is 0.816. The van der Waals surface area contributed by atoms with Gasteiger partial charge in [-0.1, -0.05) is 23.2 Å². The molecule has 1 aromatic carbocycles. The summed E-state index contributed by atoms with van der Waals surface area (Å²) in [5, 5.41) is 10.3. The van der Waals surface area contributed by atoms with Gasteiger partial charge in [0.25, 0.3) is 5.91 Å². The molecular formula is C12H13Cl3N4OS. The van der Waals surface area contributed by atoms with Crippen molar-refractivity contribution in [3.63, 3.8) is 0 Å². The highest BCUT2D eigenvalue weighted by atomic mass is 35.5. The van der Waals surface area contributed by atoms with E-state index in [2.05, 4.69) is 15.5 Å². The molecule has 5 nitrogen and oxygen atoms in total. The van der Waals surface area contributed by atoms with E-state index in [1.54, 1.807) is 16.7 Å². The smallest absolute Gasteiger partial charge is 0.251 e. The Balaban J connectivity index is 0.00000220. The van der Waals surface area contributed by atoms with E-state index in [0.29, 0.717) is 33.3 Å². The fraction of sp³-hybridized carbons (Fsp3) is 0.250. The lowest BCUT2D eigenvalue weighted by Gasteiger charge is -2.06. The molecule has 0 spiro atoms. The summed E-state index contributed by atoms with van der Waals surface area (Å²) in [6.45, 7) is 0.451. The van der Waals surface area contributed by atoms with E-state index in [4.69, 9.17) is 35.4 Å². The maximum absolute atomic E-state index is 11.9. The zero-order chi connectivity index (χ0) is 14.7. The minimum atomic E-state index is -0.208. The molecule has 0 bridgehead atoms. The second-order valence-electron chi connectivity index (χ2n) is 4.14. The van der Waals surface area contributed by atoms with Crippen LogP contribution in [0.2, 0.25) is 10.0 Å². The normalized spacial score (nSPS) is 10.0. The van der Waals surface area contributed by atoms with Gasteiger partial charge in [0.05, 0.1) is 10.0 Å². The topological polar surface area (TPSA) is 62.7 Å². The molecule has 0 saturated carbocycles. The fourth-order valence-corrected chi connectivity index (χ4v) is 2.08. The van der Waals surface area contributed by atoms with Crippen LogP contribution >= 0.6 is 47.8 Å². The number of hydrogen-bond acceptors (Lipinski definition) is 3. The summed E-state index contributed by atoms with van der Waals surface area (Å²) in [6, 6.07) is 4.75. The molecule has 0 radical (unpaired) electrons. The molecule has 1 amide bonds. The molecule has 0 unspecified atom stereocenters. The molecule has 2 aromatic rings. The van der Waals surface area contributed by atoms with Gasteiger partial charge in [-0.3, -0.25) is 9.89 Å². The minimum absolute atomic E-state index is 0. The number of benzene rings is 1. The first-order chi connectivity index (χ1) is 9.49. The van der Waals surface area contributed by atoms with E-state index in [0.717, 1.165) is 5.82 Å². The largest absolute Gasteiger partial charge is 0.352 e. The number of aromatic amines is 1. The predicted molar refractivity (Wildman–Crippen MR) is 88.1 cm³/mol. The van der Waals surface area contributed by atoms with Crippen LogP contribution in [-0.2, 0) is 13.5 Å². The van der Waals surface area contributed by atoms with Crippen LogP contribution in [-0.4, -0.2) is 27.2 Å². The Morgan fingerprint density at radius 2 is 2.14 bits per heavy atom. The molecule has 0 fully saturated rings. The lowest BCUT2D eigenvalue weighted by atomic mass is 10.2. The third kappa shape index (κ3) is 4.44. The van der Waals surface area contributed by atoms with Gasteiger partial charge in [-0.15, -0.1) is 12.4 Å². The number of carbonyl (C=O) groups excluding carboxylic acids is 1. The average Bonchev–Trinajstić information content (AvgIpc) is 2.73. The van der Waals surface area contributed by atoms with Gasteiger partial charge in [-0.05, 0) is 30.4 Å². The summed E-state index contributed by atoms with van der Waals surface area (Å²) in [6.07, 6.45) is 0.580. The van der Waals surface area contributed by atoms with Crippen LogP contribution < -0.4 is 5.32 Å². The van der Waals surface area contributed by atoms with Crippen molar-refractivity contribution < 1.29 is 4.79 Å². The van der Waals surface area contributed by atoms with Crippen LogP contribution in [0.3, 0.4) is 0 Å². The van der Waals surface area contributed by atoms with E-state index in [1.807, 2.05) is 7.05 Å². The number of carbonyl (C=O) groups is 1. The first kappa shape index (κ1) is 18.0. The number of aromatic nitrogens is 3. The van der Waals surface area contributed by atoms with Crippen molar-refractivity contribution in [3.05, 3.63) is 44.4 Å². The molecule has 1 aromatic heterocycles. The van der Waals surface area contributed by atoms with Gasteiger partial charge in [0, 0.05) is 25.6 Å². The summed E-state index contributed by atoms with van der Waals surface area (Å²) < 4.78 is 2.32. The average molecular weight is 368 g/mol. The molecule has 2 N–H and O–H groups in total. The van der Waals surface area contributed by atoms with E-state index in [1.165, 1.54) is 6.07 Å². The Kier molecular flexibility index (Phi) is 6.67. The number of amides is 1. The zero-order valence-electron chi connectivity index (χ0n) is 11.0. The van der Waals surface area contributed by atoms with Gasteiger partial charge in [-0.2, -0.15) is 5.10 Å². The Morgan fingerprint density at radius 3 is 2.71 bits per heavy atom. The molecule has 114 valence electrons. The second kappa shape index (κ2) is 7.79. The molecule has 0 atom stereocenters. The fourth-order valence-electron chi connectivity index (χ4n) is 1.63. The van der Waals surface area contributed by atoms with Crippen LogP contribution in [0.1, 0.15) is 16.2 Å². The molecule has 0 aliphatic rings. The van der Waals surface area contributed by atoms with Crippen molar-refractivity contribution >= 4 is 53.7 Å². The van der Waals surface area contributed by atoms with Crippen LogP contribution in [0.4, 0.5) is 0 Å². The van der Waals surface area contributed by atoms with Crippen molar-refractivity contribution in [1.29, 1.82) is 0 Å². The van der Waals surface area contributed by atoms with Gasteiger partial charge in [0.1, 0.15) is 5.82 Å². The summed E-state index contributed by atoms with van der Waals surface area (Å²) in [4.78, 5) is 11.9. The number of nitrogens with zero attached hydrogens (tertiary/aromatic N) is 2. The number of halogens is 3. The SMILES string of the molecule is Cl.Cn1c(CCNC(=O)c2ccc(Cl)c(Cl)c2)n[nH]c1=S. The van der Waals surface area contributed by atoms with Crippen molar-refractivity contribution in [3.8, 4) is 0 Å². The Hall–Kier alpha value is -1.08.